The van der Waals surface area contributed by atoms with Gasteiger partial charge in [-0.1, -0.05) is 11.6 Å². The van der Waals surface area contributed by atoms with Gasteiger partial charge in [-0.3, -0.25) is 4.79 Å². The molecule has 31 heavy (non-hydrogen) atoms. The normalized spacial score (nSPS) is 13.3. The molecule has 2 amide bonds. The van der Waals surface area contributed by atoms with E-state index in [-0.39, 0.29) is 28.5 Å². The summed E-state index contributed by atoms with van der Waals surface area (Å²) in [5.74, 6) is -0.202. The maximum atomic E-state index is 12.5. The van der Waals surface area contributed by atoms with Gasteiger partial charge < -0.3 is 15.7 Å². The first-order valence-corrected chi connectivity index (χ1v) is 10.4. The second kappa shape index (κ2) is 8.39. The molecule has 2 heterocycles. The second-order valence-electron chi connectivity index (χ2n) is 7.77. The Kier molecular flexibility index (Phi) is 5.65. The zero-order chi connectivity index (χ0) is 22.1. The molecule has 3 aromatic rings. The van der Waals surface area contributed by atoms with E-state index in [0.717, 1.165) is 18.5 Å². The van der Waals surface area contributed by atoms with Gasteiger partial charge in [0.05, 0.1) is 17.0 Å². The van der Waals surface area contributed by atoms with E-state index in [1.807, 2.05) is 19.9 Å². The molecular formula is C22H22ClN5O3. The van der Waals surface area contributed by atoms with Crippen molar-refractivity contribution in [2.75, 3.05) is 5.32 Å². The average molecular weight is 440 g/mol. The lowest BCUT2D eigenvalue weighted by atomic mass is 10.1. The molecule has 0 bridgehead atoms. The Morgan fingerprint density at radius 1 is 1.23 bits per heavy atom. The molecule has 0 unspecified atom stereocenters. The van der Waals surface area contributed by atoms with E-state index in [1.54, 1.807) is 24.3 Å². The van der Waals surface area contributed by atoms with E-state index in [9.17, 15) is 14.7 Å². The topological polar surface area (TPSA) is 109 Å². The lowest BCUT2D eigenvalue weighted by molar-refractivity contribution is 0.102. The Hall–Kier alpha value is -3.39. The fraction of sp³-hybridized carbons (Fsp3) is 0.273. The summed E-state index contributed by atoms with van der Waals surface area (Å²) in [6, 6.07) is 9.44. The molecular weight excluding hydrogens is 418 g/mol. The molecule has 0 saturated heterocycles. The van der Waals surface area contributed by atoms with Crippen LogP contribution in [0.2, 0.25) is 5.15 Å². The third kappa shape index (κ3) is 4.54. The molecule has 0 spiro atoms. The van der Waals surface area contributed by atoms with Crippen molar-refractivity contribution in [1.82, 2.24) is 20.1 Å². The van der Waals surface area contributed by atoms with Gasteiger partial charge in [-0.2, -0.15) is 9.78 Å². The van der Waals surface area contributed by atoms with E-state index in [4.69, 9.17) is 11.6 Å². The van der Waals surface area contributed by atoms with Crippen molar-refractivity contribution in [2.45, 2.75) is 38.6 Å². The summed E-state index contributed by atoms with van der Waals surface area (Å²) < 4.78 is 1.38. The highest BCUT2D eigenvalue weighted by atomic mass is 35.5. The SMILES string of the molecule is CC(C)NC(=O)n1nc(-c2ccc(NC(=O)c3cccnc3Cl)cc2O)cc1C1CC1. The van der Waals surface area contributed by atoms with Crippen LogP contribution in [-0.2, 0) is 0 Å². The number of rotatable bonds is 5. The lowest BCUT2D eigenvalue weighted by Crippen LogP contribution is -2.35. The lowest BCUT2D eigenvalue weighted by Gasteiger charge is -2.10. The molecule has 1 aromatic carbocycles. The van der Waals surface area contributed by atoms with Crippen LogP contribution >= 0.6 is 11.6 Å². The number of nitrogens with zero attached hydrogens (tertiary/aromatic N) is 3. The Labute approximate surface area is 184 Å². The number of benzene rings is 1. The number of nitrogens with one attached hydrogen (secondary N) is 2. The molecule has 3 N–H and O–H groups in total. The van der Waals surface area contributed by atoms with Crippen LogP contribution in [0.15, 0.2) is 42.6 Å². The van der Waals surface area contributed by atoms with Crippen LogP contribution in [0, 0.1) is 0 Å². The van der Waals surface area contributed by atoms with E-state index in [2.05, 4.69) is 20.7 Å². The number of pyridine rings is 1. The van der Waals surface area contributed by atoms with Crippen molar-refractivity contribution in [2.24, 2.45) is 0 Å². The van der Waals surface area contributed by atoms with Gasteiger partial charge in [-0.15, -0.1) is 0 Å². The maximum Gasteiger partial charge on any atom is 0.342 e. The van der Waals surface area contributed by atoms with Gasteiger partial charge in [0.25, 0.3) is 5.91 Å². The Balaban J connectivity index is 1.59. The summed E-state index contributed by atoms with van der Waals surface area (Å²) in [6.07, 6.45) is 3.51. The minimum absolute atomic E-state index is 0.0168. The summed E-state index contributed by atoms with van der Waals surface area (Å²) in [5.41, 5.74) is 2.42. The molecule has 4 rings (SSSR count). The molecule has 1 aliphatic rings. The van der Waals surface area contributed by atoms with E-state index >= 15 is 0 Å². The Morgan fingerprint density at radius 3 is 2.65 bits per heavy atom. The zero-order valence-corrected chi connectivity index (χ0v) is 17.8. The summed E-state index contributed by atoms with van der Waals surface area (Å²) in [4.78, 5) is 28.8. The number of halogens is 1. The number of hydrogen-bond donors (Lipinski definition) is 3. The number of phenolic OH excluding ortho intramolecular Hbond substituents is 1. The average Bonchev–Trinajstić information content (AvgIpc) is 3.46. The summed E-state index contributed by atoms with van der Waals surface area (Å²) in [7, 11) is 0. The quantitative estimate of drug-likeness (QED) is 0.510. The minimum Gasteiger partial charge on any atom is -0.507 e. The van der Waals surface area contributed by atoms with Crippen LogP contribution in [0.3, 0.4) is 0 Å². The number of aromatic nitrogens is 3. The van der Waals surface area contributed by atoms with Crippen molar-refractivity contribution in [3.8, 4) is 17.0 Å². The standard InChI is InChI=1S/C22H22ClN5O3/c1-12(2)25-22(31)28-18(13-5-6-13)11-17(27-28)15-8-7-14(10-19(15)29)26-21(30)16-4-3-9-24-20(16)23/h3-4,7-13,29H,5-6H2,1-2H3,(H,25,31)(H,26,30). The molecule has 0 radical (unpaired) electrons. The van der Waals surface area contributed by atoms with Crippen molar-refractivity contribution >= 4 is 29.2 Å². The number of anilines is 1. The van der Waals surface area contributed by atoms with Gasteiger partial charge in [0, 0.05) is 35.5 Å². The molecule has 160 valence electrons. The number of hydrogen-bond acceptors (Lipinski definition) is 5. The third-order valence-electron chi connectivity index (χ3n) is 4.87. The molecule has 8 nitrogen and oxygen atoms in total. The minimum atomic E-state index is -0.434. The van der Waals surface area contributed by atoms with Crippen LogP contribution in [0.4, 0.5) is 10.5 Å². The van der Waals surface area contributed by atoms with Crippen molar-refractivity contribution < 1.29 is 14.7 Å². The molecule has 1 saturated carbocycles. The highest BCUT2D eigenvalue weighted by Gasteiger charge is 2.31. The van der Waals surface area contributed by atoms with Crippen LogP contribution in [0.5, 0.6) is 5.75 Å². The smallest absolute Gasteiger partial charge is 0.342 e. The number of carbonyl (C=O) groups excluding carboxylic acids is 2. The van der Waals surface area contributed by atoms with Crippen molar-refractivity contribution in [3.63, 3.8) is 0 Å². The molecule has 9 heteroatoms. The van der Waals surface area contributed by atoms with Crippen LogP contribution < -0.4 is 10.6 Å². The zero-order valence-electron chi connectivity index (χ0n) is 17.1. The van der Waals surface area contributed by atoms with E-state index < -0.39 is 5.91 Å². The second-order valence-corrected chi connectivity index (χ2v) is 8.13. The van der Waals surface area contributed by atoms with Crippen molar-refractivity contribution in [3.05, 3.63) is 59.0 Å². The van der Waals surface area contributed by atoms with E-state index in [1.165, 1.54) is 16.9 Å². The number of amides is 2. The van der Waals surface area contributed by atoms with Gasteiger partial charge in [0.2, 0.25) is 0 Å². The fourth-order valence-corrected chi connectivity index (χ4v) is 3.45. The number of carbonyl (C=O) groups is 2. The van der Waals surface area contributed by atoms with Gasteiger partial charge in [0.15, 0.2) is 0 Å². The number of phenols is 1. The predicted octanol–water partition coefficient (Wildman–Crippen LogP) is 4.40. The maximum absolute atomic E-state index is 12.5. The molecule has 1 fully saturated rings. The summed E-state index contributed by atoms with van der Waals surface area (Å²) in [6.45, 7) is 3.77. The summed E-state index contributed by atoms with van der Waals surface area (Å²) in [5, 5.41) is 20.7. The van der Waals surface area contributed by atoms with Crippen LogP contribution in [-0.4, -0.2) is 37.9 Å². The molecule has 0 atom stereocenters. The van der Waals surface area contributed by atoms with E-state index in [0.29, 0.717) is 22.9 Å². The molecule has 0 aliphatic heterocycles. The van der Waals surface area contributed by atoms with Gasteiger partial charge in [0.1, 0.15) is 10.9 Å². The van der Waals surface area contributed by atoms with Gasteiger partial charge in [-0.05, 0) is 57.0 Å². The first-order valence-electron chi connectivity index (χ1n) is 9.99. The highest BCUT2D eigenvalue weighted by Crippen LogP contribution is 2.42. The van der Waals surface area contributed by atoms with Crippen LogP contribution in [0.25, 0.3) is 11.3 Å². The van der Waals surface area contributed by atoms with Gasteiger partial charge >= 0.3 is 6.03 Å². The first-order chi connectivity index (χ1) is 14.8. The summed E-state index contributed by atoms with van der Waals surface area (Å²) >= 11 is 5.96. The Morgan fingerprint density at radius 2 is 2.00 bits per heavy atom. The Bertz CT molecular complexity index is 1150. The largest absolute Gasteiger partial charge is 0.507 e. The predicted molar refractivity (Wildman–Crippen MR) is 118 cm³/mol. The third-order valence-corrected chi connectivity index (χ3v) is 5.17. The highest BCUT2D eigenvalue weighted by molar-refractivity contribution is 6.33. The monoisotopic (exact) mass is 439 g/mol. The fourth-order valence-electron chi connectivity index (χ4n) is 3.25. The number of aromatic hydroxyl groups is 1. The van der Waals surface area contributed by atoms with Gasteiger partial charge in [-0.25, -0.2) is 9.78 Å². The van der Waals surface area contributed by atoms with Crippen molar-refractivity contribution in [1.29, 1.82) is 0 Å². The van der Waals surface area contributed by atoms with Crippen LogP contribution in [0.1, 0.15) is 48.7 Å². The molecule has 2 aromatic heterocycles. The molecule has 1 aliphatic carbocycles. The first kappa shape index (κ1) is 20.9.